The Bertz CT molecular complexity index is 829. The van der Waals surface area contributed by atoms with Gasteiger partial charge in [0.25, 0.3) is 0 Å². The molecule has 0 atom stereocenters. The monoisotopic (exact) mass is 416 g/mol. The molecule has 156 valence electrons. The number of nitrogens with zero attached hydrogens (tertiary/aromatic N) is 3. The molecule has 2 aromatic rings. The second-order valence-electron chi connectivity index (χ2n) is 8.37. The normalized spacial score (nSPS) is 25.7. The molecule has 1 aliphatic carbocycles. The molecular weight excluding hydrogens is 388 g/mol. The zero-order valence-corrected chi connectivity index (χ0v) is 17.7. The molecule has 2 N–H and O–H groups in total. The van der Waals surface area contributed by atoms with Crippen molar-refractivity contribution in [1.82, 2.24) is 14.9 Å². The Kier molecular flexibility index (Phi) is 6.35. The summed E-state index contributed by atoms with van der Waals surface area (Å²) >= 11 is 6.20. The van der Waals surface area contributed by atoms with E-state index in [0.29, 0.717) is 11.2 Å². The molecule has 1 saturated carbocycles. The van der Waals surface area contributed by atoms with Gasteiger partial charge in [-0.25, -0.2) is 4.98 Å². The summed E-state index contributed by atoms with van der Waals surface area (Å²) in [5.74, 6) is 0. The smallest absolute Gasteiger partial charge is 0.131 e. The van der Waals surface area contributed by atoms with Gasteiger partial charge in [0.05, 0.1) is 30.2 Å². The van der Waals surface area contributed by atoms with Gasteiger partial charge in [0, 0.05) is 43.1 Å². The first kappa shape index (κ1) is 20.5. The van der Waals surface area contributed by atoms with Gasteiger partial charge in [0.2, 0.25) is 0 Å². The summed E-state index contributed by atoms with van der Waals surface area (Å²) in [6.07, 6.45) is 5.25. The van der Waals surface area contributed by atoms with Crippen molar-refractivity contribution in [2.45, 2.75) is 50.8 Å². The molecule has 1 aliphatic heterocycles. The summed E-state index contributed by atoms with van der Waals surface area (Å²) in [6, 6.07) is 8.32. The van der Waals surface area contributed by atoms with E-state index in [-0.39, 0.29) is 0 Å². The summed E-state index contributed by atoms with van der Waals surface area (Å²) in [6.45, 7) is 6.17. The highest BCUT2D eigenvalue weighted by atomic mass is 35.5. The van der Waals surface area contributed by atoms with Crippen LogP contribution in [-0.2, 0) is 11.3 Å². The Labute approximate surface area is 177 Å². The van der Waals surface area contributed by atoms with Gasteiger partial charge in [-0.05, 0) is 50.8 Å². The van der Waals surface area contributed by atoms with E-state index in [4.69, 9.17) is 21.3 Å². The second kappa shape index (κ2) is 8.96. The standard InChI is InChI=1S/C22H29ClN4O2/c1-22(28)7-5-16(6-8-22)25-20-13-21(23)24-14-18(20)19-4-2-3-17(26-19)15-27-9-11-29-12-10-27/h2-4,13-14,16,28H,5-12,15H2,1H3,(H,24,25). The van der Waals surface area contributed by atoms with Gasteiger partial charge < -0.3 is 15.2 Å². The number of aliphatic hydroxyl groups is 1. The van der Waals surface area contributed by atoms with Crippen LogP contribution in [0, 0.1) is 0 Å². The van der Waals surface area contributed by atoms with Crippen LogP contribution in [0.5, 0.6) is 0 Å². The molecule has 0 aromatic carbocycles. The minimum Gasteiger partial charge on any atom is -0.390 e. The van der Waals surface area contributed by atoms with Gasteiger partial charge in [0.15, 0.2) is 0 Å². The molecule has 0 unspecified atom stereocenters. The van der Waals surface area contributed by atoms with Crippen LogP contribution in [0.25, 0.3) is 11.3 Å². The Morgan fingerprint density at radius 3 is 2.79 bits per heavy atom. The fourth-order valence-corrected chi connectivity index (χ4v) is 4.22. The van der Waals surface area contributed by atoms with Gasteiger partial charge in [0.1, 0.15) is 5.15 Å². The molecule has 1 saturated heterocycles. The number of hydrogen-bond acceptors (Lipinski definition) is 6. The van der Waals surface area contributed by atoms with Crippen molar-refractivity contribution in [3.63, 3.8) is 0 Å². The Morgan fingerprint density at radius 2 is 2.03 bits per heavy atom. The van der Waals surface area contributed by atoms with E-state index in [1.807, 2.05) is 25.1 Å². The van der Waals surface area contributed by atoms with Crippen molar-refractivity contribution in [1.29, 1.82) is 0 Å². The third kappa shape index (κ3) is 5.45. The number of hydrogen-bond donors (Lipinski definition) is 2. The van der Waals surface area contributed by atoms with Crippen molar-refractivity contribution >= 4 is 17.3 Å². The van der Waals surface area contributed by atoms with Crippen LogP contribution in [-0.4, -0.2) is 57.9 Å². The summed E-state index contributed by atoms with van der Waals surface area (Å²) in [5, 5.41) is 14.3. The predicted octanol–water partition coefficient (Wildman–Crippen LogP) is 3.73. The molecule has 0 bridgehead atoms. The topological polar surface area (TPSA) is 70.5 Å². The van der Waals surface area contributed by atoms with E-state index in [1.54, 1.807) is 6.20 Å². The molecule has 7 heteroatoms. The lowest BCUT2D eigenvalue weighted by atomic mass is 9.83. The first-order valence-corrected chi connectivity index (χ1v) is 10.8. The maximum Gasteiger partial charge on any atom is 0.131 e. The Balaban J connectivity index is 1.53. The lowest BCUT2D eigenvalue weighted by Crippen LogP contribution is -2.36. The van der Waals surface area contributed by atoms with Crippen molar-refractivity contribution < 1.29 is 9.84 Å². The molecule has 3 heterocycles. The first-order valence-electron chi connectivity index (χ1n) is 10.4. The molecule has 29 heavy (non-hydrogen) atoms. The molecule has 2 aliphatic rings. The number of aromatic nitrogens is 2. The quantitative estimate of drug-likeness (QED) is 0.723. The number of anilines is 1. The number of halogens is 1. The lowest BCUT2D eigenvalue weighted by Gasteiger charge is -2.34. The third-order valence-electron chi connectivity index (χ3n) is 5.87. The highest BCUT2D eigenvalue weighted by Gasteiger charge is 2.29. The molecule has 2 fully saturated rings. The van der Waals surface area contributed by atoms with Crippen LogP contribution in [0.1, 0.15) is 38.3 Å². The fraction of sp³-hybridized carbons (Fsp3) is 0.545. The highest BCUT2D eigenvalue weighted by Crippen LogP contribution is 2.33. The molecule has 2 aromatic heterocycles. The van der Waals surface area contributed by atoms with Crippen LogP contribution in [0.4, 0.5) is 5.69 Å². The van der Waals surface area contributed by atoms with E-state index in [2.05, 4.69) is 21.3 Å². The maximum atomic E-state index is 10.2. The molecule has 0 radical (unpaired) electrons. The van der Waals surface area contributed by atoms with E-state index in [0.717, 1.165) is 81.2 Å². The van der Waals surface area contributed by atoms with E-state index >= 15 is 0 Å². The van der Waals surface area contributed by atoms with Gasteiger partial charge in [-0.2, -0.15) is 0 Å². The predicted molar refractivity (Wildman–Crippen MR) is 115 cm³/mol. The Morgan fingerprint density at radius 1 is 1.28 bits per heavy atom. The van der Waals surface area contributed by atoms with E-state index < -0.39 is 5.60 Å². The van der Waals surface area contributed by atoms with Crippen molar-refractivity contribution in [2.75, 3.05) is 31.6 Å². The minimum atomic E-state index is -0.549. The van der Waals surface area contributed by atoms with Gasteiger partial charge >= 0.3 is 0 Å². The van der Waals surface area contributed by atoms with Crippen molar-refractivity contribution in [3.05, 3.63) is 41.3 Å². The zero-order valence-electron chi connectivity index (χ0n) is 16.9. The lowest BCUT2D eigenvalue weighted by molar-refractivity contribution is 0.0196. The molecular formula is C22H29ClN4O2. The number of ether oxygens (including phenoxy) is 1. The Hall–Kier alpha value is -1.73. The van der Waals surface area contributed by atoms with Gasteiger partial charge in [-0.3, -0.25) is 9.88 Å². The summed E-state index contributed by atoms with van der Waals surface area (Å²) in [5.41, 5.74) is 3.29. The second-order valence-corrected chi connectivity index (χ2v) is 8.76. The fourth-order valence-electron chi connectivity index (χ4n) is 4.06. The van der Waals surface area contributed by atoms with Gasteiger partial charge in [-0.1, -0.05) is 17.7 Å². The third-order valence-corrected chi connectivity index (χ3v) is 6.07. The summed E-state index contributed by atoms with van der Waals surface area (Å²) in [7, 11) is 0. The minimum absolute atomic E-state index is 0.309. The number of pyridine rings is 2. The number of rotatable bonds is 5. The maximum absolute atomic E-state index is 10.2. The van der Waals surface area contributed by atoms with Crippen LogP contribution in [0.3, 0.4) is 0 Å². The summed E-state index contributed by atoms with van der Waals surface area (Å²) < 4.78 is 5.44. The SMILES string of the molecule is CC1(O)CCC(Nc2cc(Cl)ncc2-c2cccc(CN3CCOCC3)n2)CC1. The zero-order chi connectivity index (χ0) is 20.3. The molecule has 0 spiro atoms. The number of morpholine rings is 1. The van der Waals surface area contributed by atoms with E-state index in [1.165, 1.54) is 0 Å². The largest absolute Gasteiger partial charge is 0.390 e. The highest BCUT2D eigenvalue weighted by molar-refractivity contribution is 6.29. The average Bonchev–Trinajstić information content (AvgIpc) is 2.71. The van der Waals surface area contributed by atoms with Crippen LogP contribution >= 0.6 is 11.6 Å². The van der Waals surface area contributed by atoms with Crippen LogP contribution in [0.15, 0.2) is 30.5 Å². The van der Waals surface area contributed by atoms with Crippen molar-refractivity contribution in [3.8, 4) is 11.3 Å². The summed E-state index contributed by atoms with van der Waals surface area (Å²) in [4.78, 5) is 11.6. The van der Waals surface area contributed by atoms with Crippen LogP contribution < -0.4 is 5.32 Å². The molecule has 6 nitrogen and oxygen atoms in total. The number of nitrogens with one attached hydrogen (secondary N) is 1. The van der Waals surface area contributed by atoms with Crippen molar-refractivity contribution in [2.24, 2.45) is 0 Å². The molecule has 0 amide bonds. The van der Waals surface area contributed by atoms with E-state index in [9.17, 15) is 5.11 Å². The average molecular weight is 417 g/mol. The first-order chi connectivity index (χ1) is 14.0. The molecule has 4 rings (SSSR count). The van der Waals surface area contributed by atoms with Crippen LogP contribution in [0.2, 0.25) is 5.15 Å². The van der Waals surface area contributed by atoms with Gasteiger partial charge in [-0.15, -0.1) is 0 Å².